The molecule has 1 heterocycles. The second-order valence-corrected chi connectivity index (χ2v) is 5.27. The fraction of sp³-hybridized carbons (Fsp3) is 0.500. The molecular weight excluding hydrogens is 220 g/mol. The van der Waals surface area contributed by atoms with E-state index in [2.05, 4.69) is 53.5 Å². The number of hydrogen-bond acceptors (Lipinski definition) is 2. The number of nitrogens with one attached hydrogen (secondary N) is 1. The number of rotatable bonds is 4. The van der Waals surface area contributed by atoms with Gasteiger partial charge in [0.05, 0.1) is 6.54 Å². The van der Waals surface area contributed by atoms with Gasteiger partial charge in [0.15, 0.2) is 0 Å². The summed E-state index contributed by atoms with van der Waals surface area (Å²) in [6, 6.07) is 10.9. The Kier molecular flexibility index (Phi) is 4.41. The second-order valence-electron chi connectivity index (χ2n) is 5.27. The topological polar surface area (TPSA) is 15.3 Å². The molecule has 2 rings (SSSR count). The Morgan fingerprint density at radius 2 is 1.94 bits per heavy atom. The molecule has 2 nitrogen and oxygen atoms in total. The first kappa shape index (κ1) is 13.1. The summed E-state index contributed by atoms with van der Waals surface area (Å²) in [5.74, 6) is 2.74. The van der Waals surface area contributed by atoms with E-state index < -0.39 is 0 Å². The molecule has 0 unspecified atom stereocenters. The minimum Gasteiger partial charge on any atom is -0.317 e. The Bertz CT molecular complexity index is 399. The van der Waals surface area contributed by atoms with Crippen molar-refractivity contribution in [3.8, 4) is 12.3 Å². The lowest BCUT2D eigenvalue weighted by molar-refractivity contribution is 0.214. The molecule has 0 radical (unpaired) electrons. The predicted octanol–water partition coefficient (Wildman–Crippen LogP) is 1.87. The van der Waals surface area contributed by atoms with Gasteiger partial charge in [0, 0.05) is 12.0 Å². The SMILES string of the molecule is C#CCN(C)CC1(c2ccccc2)CCNCC1. The fourth-order valence-corrected chi connectivity index (χ4v) is 2.96. The maximum Gasteiger partial charge on any atom is 0.0596 e. The lowest BCUT2D eigenvalue weighted by Crippen LogP contribution is -2.46. The van der Waals surface area contributed by atoms with Crippen LogP contribution in [0.2, 0.25) is 0 Å². The largest absolute Gasteiger partial charge is 0.317 e. The van der Waals surface area contributed by atoms with E-state index in [4.69, 9.17) is 6.42 Å². The van der Waals surface area contributed by atoms with Gasteiger partial charge < -0.3 is 5.32 Å². The zero-order chi connectivity index (χ0) is 12.8. The summed E-state index contributed by atoms with van der Waals surface area (Å²) >= 11 is 0. The standard InChI is InChI=1S/C16H22N2/c1-3-13-18(2)14-16(9-11-17-12-10-16)15-7-5-4-6-8-15/h1,4-8,17H,9-14H2,2H3. The van der Waals surface area contributed by atoms with Gasteiger partial charge in [0.2, 0.25) is 0 Å². The molecule has 1 aliphatic heterocycles. The zero-order valence-corrected chi connectivity index (χ0v) is 11.2. The molecule has 0 spiro atoms. The molecule has 0 amide bonds. The van der Waals surface area contributed by atoms with Crippen LogP contribution < -0.4 is 5.32 Å². The Balaban J connectivity index is 2.21. The van der Waals surface area contributed by atoms with Crippen LogP contribution in [0.15, 0.2) is 30.3 Å². The van der Waals surface area contributed by atoms with E-state index in [-0.39, 0.29) is 5.41 Å². The Morgan fingerprint density at radius 3 is 2.56 bits per heavy atom. The molecule has 0 atom stereocenters. The highest BCUT2D eigenvalue weighted by atomic mass is 15.1. The van der Waals surface area contributed by atoms with E-state index in [1.54, 1.807) is 0 Å². The van der Waals surface area contributed by atoms with Crippen molar-refractivity contribution in [3.63, 3.8) is 0 Å². The number of benzene rings is 1. The van der Waals surface area contributed by atoms with E-state index in [0.29, 0.717) is 0 Å². The highest BCUT2D eigenvalue weighted by molar-refractivity contribution is 5.27. The van der Waals surface area contributed by atoms with Gasteiger partial charge in [-0.05, 0) is 38.5 Å². The van der Waals surface area contributed by atoms with Gasteiger partial charge in [-0.2, -0.15) is 0 Å². The first-order chi connectivity index (χ1) is 8.77. The van der Waals surface area contributed by atoms with E-state index in [9.17, 15) is 0 Å². The second kappa shape index (κ2) is 6.04. The smallest absolute Gasteiger partial charge is 0.0596 e. The van der Waals surface area contributed by atoms with E-state index in [0.717, 1.165) is 26.2 Å². The van der Waals surface area contributed by atoms with Crippen LogP contribution in [0.4, 0.5) is 0 Å². The van der Waals surface area contributed by atoms with Gasteiger partial charge in [-0.15, -0.1) is 6.42 Å². The van der Waals surface area contributed by atoms with E-state index in [1.165, 1.54) is 18.4 Å². The average Bonchev–Trinajstić information content (AvgIpc) is 2.41. The first-order valence-electron chi connectivity index (χ1n) is 6.65. The number of likely N-dealkylation sites (N-methyl/N-ethyl adjacent to an activating group) is 1. The van der Waals surface area contributed by atoms with Crippen molar-refractivity contribution in [2.24, 2.45) is 0 Å². The summed E-state index contributed by atoms with van der Waals surface area (Å²) < 4.78 is 0. The molecule has 1 aliphatic rings. The first-order valence-corrected chi connectivity index (χ1v) is 6.65. The van der Waals surface area contributed by atoms with Crippen LogP contribution in [-0.2, 0) is 5.41 Å². The molecular formula is C16H22N2. The Labute approximate surface area is 110 Å². The molecule has 2 heteroatoms. The normalized spacial score (nSPS) is 18.5. The monoisotopic (exact) mass is 242 g/mol. The minimum atomic E-state index is 0.262. The summed E-state index contributed by atoms with van der Waals surface area (Å²) in [6.07, 6.45) is 7.79. The zero-order valence-electron chi connectivity index (χ0n) is 11.2. The van der Waals surface area contributed by atoms with E-state index >= 15 is 0 Å². The Hall–Kier alpha value is -1.30. The van der Waals surface area contributed by atoms with Crippen LogP contribution in [0, 0.1) is 12.3 Å². The van der Waals surface area contributed by atoms with Crippen molar-refractivity contribution in [1.29, 1.82) is 0 Å². The third-order valence-corrected chi connectivity index (χ3v) is 3.88. The lowest BCUT2D eigenvalue weighted by Gasteiger charge is -2.40. The summed E-state index contributed by atoms with van der Waals surface area (Å²) in [6.45, 7) is 3.96. The van der Waals surface area contributed by atoms with Gasteiger partial charge in [-0.3, -0.25) is 4.90 Å². The molecule has 96 valence electrons. The van der Waals surface area contributed by atoms with Gasteiger partial charge in [-0.1, -0.05) is 36.3 Å². The molecule has 1 aromatic rings. The maximum absolute atomic E-state index is 5.41. The number of terminal acetylenes is 1. The molecule has 0 saturated carbocycles. The number of nitrogens with zero attached hydrogens (tertiary/aromatic N) is 1. The lowest BCUT2D eigenvalue weighted by atomic mass is 9.73. The molecule has 1 N–H and O–H groups in total. The third kappa shape index (κ3) is 2.93. The van der Waals surface area contributed by atoms with Crippen LogP contribution in [0.25, 0.3) is 0 Å². The highest BCUT2D eigenvalue weighted by Gasteiger charge is 2.34. The highest BCUT2D eigenvalue weighted by Crippen LogP contribution is 2.34. The molecule has 1 fully saturated rings. The fourth-order valence-electron chi connectivity index (χ4n) is 2.96. The molecule has 1 saturated heterocycles. The van der Waals surface area contributed by atoms with Gasteiger partial charge in [-0.25, -0.2) is 0 Å². The van der Waals surface area contributed by atoms with E-state index in [1.807, 2.05) is 0 Å². The van der Waals surface area contributed by atoms with Gasteiger partial charge in [0.25, 0.3) is 0 Å². The predicted molar refractivity (Wildman–Crippen MR) is 76.6 cm³/mol. The molecule has 0 aromatic heterocycles. The van der Waals surface area contributed by atoms with Crippen molar-refractivity contribution < 1.29 is 0 Å². The molecule has 1 aromatic carbocycles. The van der Waals surface area contributed by atoms with Crippen molar-refractivity contribution in [1.82, 2.24) is 10.2 Å². The summed E-state index contributed by atoms with van der Waals surface area (Å²) in [5.41, 5.74) is 1.72. The number of piperidine rings is 1. The van der Waals surface area contributed by atoms with Crippen LogP contribution in [0.3, 0.4) is 0 Å². The quantitative estimate of drug-likeness (QED) is 0.811. The number of hydrogen-bond donors (Lipinski definition) is 1. The summed E-state index contributed by atoms with van der Waals surface area (Å²) in [4.78, 5) is 2.26. The van der Waals surface area contributed by atoms with Crippen molar-refractivity contribution in [2.45, 2.75) is 18.3 Å². The third-order valence-electron chi connectivity index (χ3n) is 3.88. The average molecular weight is 242 g/mol. The summed E-state index contributed by atoms with van der Waals surface area (Å²) in [7, 11) is 2.12. The van der Waals surface area contributed by atoms with Crippen LogP contribution in [0.5, 0.6) is 0 Å². The van der Waals surface area contributed by atoms with Gasteiger partial charge in [0.1, 0.15) is 0 Å². The van der Waals surface area contributed by atoms with Crippen LogP contribution >= 0.6 is 0 Å². The van der Waals surface area contributed by atoms with Crippen LogP contribution in [0.1, 0.15) is 18.4 Å². The minimum absolute atomic E-state index is 0.262. The molecule has 0 bridgehead atoms. The molecule has 18 heavy (non-hydrogen) atoms. The summed E-state index contributed by atoms with van der Waals surface area (Å²) in [5, 5.41) is 3.46. The van der Waals surface area contributed by atoms with Crippen molar-refractivity contribution in [2.75, 3.05) is 33.2 Å². The maximum atomic E-state index is 5.41. The Morgan fingerprint density at radius 1 is 1.28 bits per heavy atom. The van der Waals surface area contributed by atoms with Crippen molar-refractivity contribution >= 4 is 0 Å². The molecule has 0 aliphatic carbocycles. The van der Waals surface area contributed by atoms with Crippen molar-refractivity contribution in [3.05, 3.63) is 35.9 Å². The van der Waals surface area contributed by atoms with Gasteiger partial charge >= 0.3 is 0 Å². The van der Waals surface area contributed by atoms with Crippen LogP contribution in [-0.4, -0.2) is 38.1 Å².